The lowest BCUT2D eigenvalue weighted by Crippen LogP contribution is -2.18. The Labute approximate surface area is 123 Å². The maximum Gasteiger partial charge on any atom is 0.260 e. The molecule has 20 heavy (non-hydrogen) atoms. The molecule has 2 aromatic rings. The normalized spacial score (nSPS) is 12.7. The monoisotopic (exact) mass is 294 g/mol. The smallest absolute Gasteiger partial charge is 0.260 e. The second-order valence-corrected chi connectivity index (χ2v) is 5.77. The first-order valence-electron chi connectivity index (χ1n) is 6.64. The predicted molar refractivity (Wildman–Crippen MR) is 78.6 cm³/mol. The summed E-state index contributed by atoms with van der Waals surface area (Å²) in [5.41, 5.74) is 2.40. The molecule has 2 rings (SSSR count). The fourth-order valence-corrected chi connectivity index (χ4v) is 3.05. The van der Waals surface area contributed by atoms with Crippen LogP contribution in [0.2, 0.25) is 0 Å². The summed E-state index contributed by atoms with van der Waals surface area (Å²) in [7, 11) is 0. The maximum atomic E-state index is 13.8. The molecule has 3 nitrogen and oxygen atoms in total. The van der Waals surface area contributed by atoms with Gasteiger partial charge in [0.1, 0.15) is 12.1 Å². The first-order valence-corrected chi connectivity index (χ1v) is 7.46. The van der Waals surface area contributed by atoms with Gasteiger partial charge in [0.25, 0.3) is 5.22 Å². The standard InChI is InChI=1S/C15H19FN2OS/c1-5-17-11(4)12-7-13(16)9(2)6-14(12)20-15-18-10(3)8-19-15/h6-8,11,17H,5H2,1-4H3. The third-order valence-electron chi connectivity index (χ3n) is 3.06. The minimum atomic E-state index is -0.183. The van der Waals surface area contributed by atoms with E-state index in [0.717, 1.165) is 22.7 Å². The van der Waals surface area contributed by atoms with Gasteiger partial charge in [0.2, 0.25) is 0 Å². The molecule has 1 unspecified atom stereocenters. The Balaban J connectivity index is 2.36. The third-order valence-corrected chi connectivity index (χ3v) is 4.00. The molecular weight excluding hydrogens is 275 g/mol. The lowest BCUT2D eigenvalue weighted by atomic mass is 10.1. The number of oxazole rings is 1. The molecule has 0 fully saturated rings. The SMILES string of the molecule is CCNC(C)c1cc(F)c(C)cc1Sc1nc(C)co1. The Kier molecular flexibility index (Phi) is 4.83. The second kappa shape index (κ2) is 6.41. The Bertz CT molecular complexity index is 598. The van der Waals surface area contributed by atoms with Crippen molar-refractivity contribution in [3.8, 4) is 0 Å². The van der Waals surface area contributed by atoms with Crippen LogP contribution in [-0.2, 0) is 0 Å². The Hall–Kier alpha value is -1.33. The summed E-state index contributed by atoms with van der Waals surface area (Å²) in [4.78, 5) is 5.26. The largest absolute Gasteiger partial charge is 0.439 e. The average molecular weight is 294 g/mol. The van der Waals surface area contributed by atoms with Crippen LogP contribution in [0.25, 0.3) is 0 Å². The third kappa shape index (κ3) is 3.41. The molecule has 1 N–H and O–H groups in total. The van der Waals surface area contributed by atoms with E-state index in [9.17, 15) is 4.39 Å². The van der Waals surface area contributed by atoms with Crippen molar-refractivity contribution in [2.75, 3.05) is 6.54 Å². The minimum Gasteiger partial charge on any atom is -0.439 e. The highest BCUT2D eigenvalue weighted by Crippen LogP contribution is 2.34. The summed E-state index contributed by atoms with van der Waals surface area (Å²) in [6, 6.07) is 3.53. The van der Waals surface area contributed by atoms with Gasteiger partial charge in [-0.1, -0.05) is 6.92 Å². The Morgan fingerprint density at radius 1 is 1.40 bits per heavy atom. The molecule has 0 radical (unpaired) electrons. The Morgan fingerprint density at radius 3 is 2.75 bits per heavy atom. The van der Waals surface area contributed by atoms with Crippen LogP contribution in [0.1, 0.15) is 36.7 Å². The molecular formula is C15H19FN2OS. The van der Waals surface area contributed by atoms with Crippen molar-refractivity contribution in [1.29, 1.82) is 0 Å². The lowest BCUT2D eigenvalue weighted by Gasteiger charge is -2.17. The molecule has 5 heteroatoms. The van der Waals surface area contributed by atoms with E-state index >= 15 is 0 Å². The number of rotatable bonds is 5. The van der Waals surface area contributed by atoms with Gasteiger partial charge < -0.3 is 9.73 Å². The summed E-state index contributed by atoms with van der Waals surface area (Å²) in [6.07, 6.45) is 1.62. The molecule has 0 aliphatic heterocycles. The van der Waals surface area contributed by atoms with E-state index in [2.05, 4.69) is 10.3 Å². The molecule has 1 aromatic carbocycles. The highest BCUT2D eigenvalue weighted by molar-refractivity contribution is 7.99. The molecule has 1 atom stereocenters. The van der Waals surface area contributed by atoms with E-state index in [0.29, 0.717) is 10.8 Å². The van der Waals surface area contributed by atoms with Gasteiger partial charge in [0.15, 0.2) is 0 Å². The molecule has 108 valence electrons. The minimum absolute atomic E-state index is 0.0775. The molecule has 0 saturated carbocycles. The van der Waals surface area contributed by atoms with Crippen LogP contribution in [-0.4, -0.2) is 11.5 Å². The van der Waals surface area contributed by atoms with Crippen molar-refractivity contribution in [3.63, 3.8) is 0 Å². The van der Waals surface area contributed by atoms with Crippen molar-refractivity contribution in [2.45, 2.75) is 43.9 Å². The zero-order valence-corrected chi connectivity index (χ0v) is 13.0. The van der Waals surface area contributed by atoms with Gasteiger partial charge in [-0.15, -0.1) is 0 Å². The number of nitrogens with one attached hydrogen (secondary N) is 1. The number of hydrogen-bond acceptors (Lipinski definition) is 4. The van der Waals surface area contributed by atoms with Crippen molar-refractivity contribution < 1.29 is 8.81 Å². The first kappa shape index (κ1) is 15.1. The summed E-state index contributed by atoms with van der Waals surface area (Å²) < 4.78 is 19.2. The number of aryl methyl sites for hydroxylation is 2. The van der Waals surface area contributed by atoms with Crippen LogP contribution in [0.5, 0.6) is 0 Å². The molecule has 0 aliphatic carbocycles. The van der Waals surface area contributed by atoms with Crippen LogP contribution in [0, 0.1) is 19.7 Å². The van der Waals surface area contributed by atoms with Crippen LogP contribution >= 0.6 is 11.8 Å². The van der Waals surface area contributed by atoms with E-state index in [-0.39, 0.29) is 11.9 Å². The van der Waals surface area contributed by atoms with Crippen LogP contribution in [0.3, 0.4) is 0 Å². The van der Waals surface area contributed by atoms with Crippen LogP contribution < -0.4 is 5.32 Å². The molecule has 0 saturated heterocycles. The molecule has 0 amide bonds. The van der Waals surface area contributed by atoms with E-state index in [1.807, 2.05) is 26.8 Å². The van der Waals surface area contributed by atoms with E-state index in [1.165, 1.54) is 11.8 Å². The summed E-state index contributed by atoms with van der Waals surface area (Å²) in [6.45, 7) is 8.54. The fraction of sp³-hybridized carbons (Fsp3) is 0.400. The summed E-state index contributed by atoms with van der Waals surface area (Å²) in [5, 5.41) is 3.89. The topological polar surface area (TPSA) is 38.1 Å². The molecule has 0 bridgehead atoms. The molecule has 1 aromatic heterocycles. The number of aromatic nitrogens is 1. The highest BCUT2D eigenvalue weighted by Gasteiger charge is 2.16. The van der Waals surface area contributed by atoms with Gasteiger partial charge in [-0.3, -0.25) is 0 Å². The molecule has 0 aliphatic rings. The molecule has 0 spiro atoms. The fourth-order valence-electron chi connectivity index (χ4n) is 1.99. The number of halogens is 1. The van der Waals surface area contributed by atoms with E-state index < -0.39 is 0 Å². The van der Waals surface area contributed by atoms with Crippen molar-refractivity contribution >= 4 is 11.8 Å². The number of hydrogen-bond donors (Lipinski definition) is 1. The van der Waals surface area contributed by atoms with E-state index in [4.69, 9.17) is 4.42 Å². The zero-order valence-electron chi connectivity index (χ0n) is 12.2. The predicted octanol–water partition coefficient (Wildman–Crippen LogP) is 4.25. The molecule has 1 heterocycles. The van der Waals surface area contributed by atoms with Crippen molar-refractivity contribution in [3.05, 3.63) is 41.0 Å². The lowest BCUT2D eigenvalue weighted by molar-refractivity contribution is 0.453. The van der Waals surface area contributed by atoms with Crippen LogP contribution in [0.4, 0.5) is 4.39 Å². The first-order chi connectivity index (χ1) is 9.51. The van der Waals surface area contributed by atoms with Gasteiger partial charge >= 0.3 is 0 Å². The Morgan fingerprint density at radius 2 is 2.15 bits per heavy atom. The number of benzene rings is 1. The van der Waals surface area contributed by atoms with Gasteiger partial charge in [0, 0.05) is 10.9 Å². The van der Waals surface area contributed by atoms with E-state index in [1.54, 1.807) is 19.3 Å². The van der Waals surface area contributed by atoms with Gasteiger partial charge in [-0.25, -0.2) is 9.37 Å². The summed E-state index contributed by atoms with van der Waals surface area (Å²) in [5.74, 6) is -0.183. The van der Waals surface area contributed by atoms with Crippen LogP contribution in [0.15, 0.2) is 32.9 Å². The van der Waals surface area contributed by atoms with Gasteiger partial charge in [-0.2, -0.15) is 0 Å². The van der Waals surface area contributed by atoms with Gasteiger partial charge in [-0.05, 0) is 62.3 Å². The second-order valence-electron chi connectivity index (χ2n) is 4.78. The average Bonchev–Trinajstić information content (AvgIpc) is 2.79. The quantitative estimate of drug-likeness (QED) is 0.894. The number of nitrogens with zero attached hydrogens (tertiary/aromatic N) is 1. The zero-order chi connectivity index (χ0) is 14.7. The maximum absolute atomic E-state index is 13.8. The van der Waals surface area contributed by atoms with Gasteiger partial charge in [0.05, 0.1) is 5.69 Å². The van der Waals surface area contributed by atoms with Crippen molar-refractivity contribution in [2.24, 2.45) is 0 Å². The summed E-state index contributed by atoms with van der Waals surface area (Å²) >= 11 is 1.43. The van der Waals surface area contributed by atoms with Crippen molar-refractivity contribution in [1.82, 2.24) is 10.3 Å². The highest BCUT2D eigenvalue weighted by atomic mass is 32.2.